The van der Waals surface area contributed by atoms with E-state index in [1.54, 1.807) is 10.7 Å². The molecule has 2 heterocycles. The first-order chi connectivity index (χ1) is 8.81. The van der Waals surface area contributed by atoms with Crippen molar-refractivity contribution in [3.8, 4) is 0 Å². The third-order valence-electron chi connectivity index (χ3n) is 2.86. The van der Waals surface area contributed by atoms with E-state index in [9.17, 15) is 4.79 Å². The van der Waals surface area contributed by atoms with Crippen LogP contribution in [0.15, 0.2) is 24.5 Å². The van der Waals surface area contributed by atoms with Crippen molar-refractivity contribution in [2.24, 2.45) is 0 Å². The molecule has 0 spiro atoms. The van der Waals surface area contributed by atoms with Crippen molar-refractivity contribution in [2.75, 3.05) is 11.9 Å². The molecule has 0 radical (unpaired) electrons. The van der Waals surface area contributed by atoms with Crippen LogP contribution in [0.4, 0.5) is 5.82 Å². The molecule has 0 atom stereocenters. The summed E-state index contributed by atoms with van der Waals surface area (Å²) >= 11 is 0. The summed E-state index contributed by atoms with van der Waals surface area (Å²) in [6, 6.07) is 4.11. The van der Waals surface area contributed by atoms with Crippen LogP contribution in [0, 0.1) is 0 Å². The van der Waals surface area contributed by atoms with E-state index < -0.39 is 0 Å². The Kier molecular flexibility index (Phi) is 2.84. The Morgan fingerprint density at radius 1 is 1.44 bits per heavy atom. The van der Waals surface area contributed by atoms with Gasteiger partial charge in [-0.2, -0.15) is 5.10 Å². The first kappa shape index (κ1) is 11.0. The number of carbonyl (C=O) groups excluding carboxylic acids is 1. The standard InChI is InChI=1S/C12H15N5O/c18-12(15-9-1-2-9)4-6-13-10-5-8-17-11(16-10)3-7-14-17/h3,5,7-9H,1-2,4,6H2,(H,13,16)(H,15,18). The molecular formula is C12H15N5O. The van der Waals surface area contributed by atoms with Crippen LogP contribution in [0.2, 0.25) is 0 Å². The molecule has 1 saturated carbocycles. The van der Waals surface area contributed by atoms with E-state index in [1.165, 1.54) is 0 Å². The van der Waals surface area contributed by atoms with Crippen molar-refractivity contribution < 1.29 is 4.79 Å². The lowest BCUT2D eigenvalue weighted by Crippen LogP contribution is -2.27. The molecule has 0 bridgehead atoms. The van der Waals surface area contributed by atoms with Gasteiger partial charge < -0.3 is 10.6 Å². The molecule has 2 aromatic heterocycles. The lowest BCUT2D eigenvalue weighted by atomic mass is 10.4. The maximum absolute atomic E-state index is 11.5. The van der Waals surface area contributed by atoms with Crippen LogP contribution in [0.1, 0.15) is 19.3 Å². The normalized spacial score (nSPS) is 14.7. The molecule has 0 aliphatic heterocycles. The number of rotatable bonds is 5. The van der Waals surface area contributed by atoms with E-state index in [-0.39, 0.29) is 5.91 Å². The fourth-order valence-corrected chi connectivity index (χ4v) is 1.74. The Bertz CT molecular complexity index is 560. The van der Waals surface area contributed by atoms with Crippen LogP contribution in [0.3, 0.4) is 0 Å². The van der Waals surface area contributed by atoms with Gasteiger partial charge in [0.05, 0.1) is 6.20 Å². The molecule has 1 aliphatic rings. The van der Waals surface area contributed by atoms with Gasteiger partial charge in [0.15, 0.2) is 5.65 Å². The molecule has 1 aliphatic carbocycles. The molecule has 94 valence electrons. The highest BCUT2D eigenvalue weighted by Gasteiger charge is 2.22. The van der Waals surface area contributed by atoms with Crippen LogP contribution in [0.25, 0.3) is 5.65 Å². The van der Waals surface area contributed by atoms with Crippen LogP contribution in [-0.2, 0) is 4.79 Å². The predicted octanol–water partition coefficient (Wildman–Crippen LogP) is 0.810. The molecule has 0 unspecified atom stereocenters. The molecule has 6 heteroatoms. The minimum atomic E-state index is 0.107. The van der Waals surface area contributed by atoms with Crippen LogP contribution < -0.4 is 10.6 Å². The van der Waals surface area contributed by atoms with E-state index in [0.717, 1.165) is 24.3 Å². The van der Waals surface area contributed by atoms with Gasteiger partial charge in [-0.25, -0.2) is 9.50 Å². The zero-order valence-corrected chi connectivity index (χ0v) is 9.97. The number of hydrogen-bond acceptors (Lipinski definition) is 4. The molecule has 3 rings (SSSR count). The molecular weight excluding hydrogens is 230 g/mol. The Morgan fingerprint density at radius 2 is 2.33 bits per heavy atom. The van der Waals surface area contributed by atoms with Crippen molar-refractivity contribution in [2.45, 2.75) is 25.3 Å². The monoisotopic (exact) mass is 245 g/mol. The van der Waals surface area contributed by atoms with E-state index >= 15 is 0 Å². The minimum Gasteiger partial charge on any atom is -0.369 e. The van der Waals surface area contributed by atoms with Gasteiger partial charge in [0.1, 0.15) is 5.82 Å². The molecule has 0 aromatic carbocycles. The molecule has 1 amide bonds. The average molecular weight is 245 g/mol. The summed E-state index contributed by atoms with van der Waals surface area (Å²) in [5, 5.41) is 10.2. The lowest BCUT2D eigenvalue weighted by Gasteiger charge is -2.06. The number of fused-ring (bicyclic) bond motifs is 1. The number of amides is 1. The summed E-state index contributed by atoms with van der Waals surface area (Å²) in [7, 11) is 0. The summed E-state index contributed by atoms with van der Waals surface area (Å²) in [6.07, 6.45) is 6.27. The van der Waals surface area contributed by atoms with Gasteiger partial charge in [-0.05, 0) is 18.9 Å². The number of carbonyl (C=O) groups is 1. The van der Waals surface area contributed by atoms with Gasteiger partial charge in [0.2, 0.25) is 5.91 Å². The Labute approximate surface area is 104 Å². The lowest BCUT2D eigenvalue weighted by molar-refractivity contribution is -0.120. The van der Waals surface area contributed by atoms with Crippen LogP contribution in [0.5, 0.6) is 0 Å². The maximum Gasteiger partial charge on any atom is 0.221 e. The Hall–Kier alpha value is -2.11. The average Bonchev–Trinajstić information content (AvgIpc) is 3.05. The molecule has 0 saturated heterocycles. The van der Waals surface area contributed by atoms with Gasteiger partial charge in [0, 0.05) is 31.3 Å². The van der Waals surface area contributed by atoms with Crippen molar-refractivity contribution in [3.05, 3.63) is 24.5 Å². The van der Waals surface area contributed by atoms with Gasteiger partial charge in [-0.1, -0.05) is 0 Å². The summed E-state index contributed by atoms with van der Waals surface area (Å²) < 4.78 is 1.70. The molecule has 1 fully saturated rings. The van der Waals surface area contributed by atoms with Gasteiger partial charge in [0.25, 0.3) is 0 Å². The molecule has 18 heavy (non-hydrogen) atoms. The highest BCUT2D eigenvalue weighted by molar-refractivity contribution is 5.77. The third-order valence-corrected chi connectivity index (χ3v) is 2.86. The Morgan fingerprint density at radius 3 is 3.17 bits per heavy atom. The largest absolute Gasteiger partial charge is 0.369 e. The number of nitrogens with one attached hydrogen (secondary N) is 2. The van der Waals surface area contributed by atoms with Crippen molar-refractivity contribution in [1.82, 2.24) is 19.9 Å². The topological polar surface area (TPSA) is 71.3 Å². The zero-order chi connectivity index (χ0) is 12.4. The zero-order valence-electron chi connectivity index (χ0n) is 9.97. The fraction of sp³-hybridized carbons (Fsp3) is 0.417. The maximum atomic E-state index is 11.5. The van der Waals surface area contributed by atoms with E-state index in [4.69, 9.17) is 0 Å². The molecule has 2 aromatic rings. The summed E-state index contributed by atoms with van der Waals surface area (Å²) in [5.74, 6) is 0.873. The van der Waals surface area contributed by atoms with Crippen LogP contribution in [-0.4, -0.2) is 33.1 Å². The quantitative estimate of drug-likeness (QED) is 0.817. The second kappa shape index (κ2) is 4.64. The first-order valence-electron chi connectivity index (χ1n) is 6.15. The van der Waals surface area contributed by atoms with Gasteiger partial charge >= 0.3 is 0 Å². The minimum absolute atomic E-state index is 0.107. The van der Waals surface area contributed by atoms with Crippen molar-refractivity contribution in [1.29, 1.82) is 0 Å². The first-order valence-corrected chi connectivity index (χ1v) is 6.15. The highest BCUT2D eigenvalue weighted by atomic mass is 16.1. The summed E-state index contributed by atoms with van der Waals surface area (Å²) in [4.78, 5) is 15.8. The highest BCUT2D eigenvalue weighted by Crippen LogP contribution is 2.18. The second-order valence-corrected chi connectivity index (χ2v) is 4.47. The summed E-state index contributed by atoms with van der Waals surface area (Å²) in [5.41, 5.74) is 0.794. The number of aromatic nitrogens is 3. The molecule has 6 nitrogen and oxygen atoms in total. The van der Waals surface area contributed by atoms with E-state index in [1.807, 2.05) is 18.3 Å². The van der Waals surface area contributed by atoms with Gasteiger partial charge in [-0.3, -0.25) is 4.79 Å². The van der Waals surface area contributed by atoms with Gasteiger partial charge in [-0.15, -0.1) is 0 Å². The third kappa shape index (κ3) is 2.58. The van der Waals surface area contributed by atoms with Crippen molar-refractivity contribution in [3.63, 3.8) is 0 Å². The molecule has 2 N–H and O–H groups in total. The number of anilines is 1. The number of hydrogen-bond donors (Lipinski definition) is 2. The fourth-order valence-electron chi connectivity index (χ4n) is 1.74. The smallest absolute Gasteiger partial charge is 0.221 e. The SMILES string of the molecule is O=C(CCNc1ccn2nccc2n1)NC1CC1. The van der Waals surface area contributed by atoms with E-state index in [0.29, 0.717) is 19.0 Å². The van der Waals surface area contributed by atoms with Crippen LogP contribution >= 0.6 is 0 Å². The summed E-state index contributed by atoms with van der Waals surface area (Å²) in [6.45, 7) is 0.593. The van der Waals surface area contributed by atoms with Crippen molar-refractivity contribution >= 4 is 17.4 Å². The Balaban J connectivity index is 1.50. The predicted molar refractivity (Wildman–Crippen MR) is 67.3 cm³/mol. The van der Waals surface area contributed by atoms with E-state index in [2.05, 4.69) is 20.7 Å². The number of nitrogens with zero attached hydrogens (tertiary/aromatic N) is 3. The second-order valence-electron chi connectivity index (χ2n) is 4.47.